The van der Waals surface area contributed by atoms with Gasteiger partial charge in [0.25, 0.3) is 0 Å². The van der Waals surface area contributed by atoms with Crippen LogP contribution in [0.5, 0.6) is 17.2 Å². The summed E-state index contributed by atoms with van der Waals surface area (Å²) in [5, 5.41) is 0. The summed E-state index contributed by atoms with van der Waals surface area (Å²) in [6.45, 7) is 10.0. The fourth-order valence-electron chi connectivity index (χ4n) is 3.19. The van der Waals surface area contributed by atoms with E-state index < -0.39 is 23.9 Å². The van der Waals surface area contributed by atoms with Crippen LogP contribution in [0.4, 0.5) is 0 Å². The Morgan fingerprint density at radius 3 is 1.93 bits per heavy atom. The molecule has 0 saturated heterocycles. The summed E-state index contributed by atoms with van der Waals surface area (Å²) >= 11 is 0. The van der Waals surface area contributed by atoms with Gasteiger partial charge in [0.2, 0.25) is 0 Å². The van der Waals surface area contributed by atoms with Crippen molar-refractivity contribution in [2.75, 3.05) is 33.0 Å². The maximum Gasteiger partial charge on any atom is 0.336 e. The van der Waals surface area contributed by atoms with Gasteiger partial charge >= 0.3 is 23.9 Å². The minimum Gasteiger partial charge on any atom is -0.494 e. The Hall–Kier alpha value is -4.86. The summed E-state index contributed by atoms with van der Waals surface area (Å²) in [5.74, 6) is -0.504. The maximum absolute atomic E-state index is 12.2. The fraction of sp³-hybridized carbons (Fsp3) is 0.312. The predicted molar refractivity (Wildman–Crippen MR) is 155 cm³/mol. The summed E-state index contributed by atoms with van der Waals surface area (Å²) in [6, 6.07) is 13.8. The summed E-state index contributed by atoms with van der Waals surface area (Å²) in [5.41, 5.74) is 0.816. The lowest BCUT2D eigenvalue weighted by Crippen LogP contribution is -2.14. The molecule has 2 rings (SSSR count). The zero-order valence-electron chi connectivity index (χ0n) is 23.7. The van der Waals surface area contributed by atoms with Crippen LogP contribution in [0.1, 0.15) is 38.2 Å². The number of hydrogen-bond donors (Lipinski definition) is 0. The Morgan fingerprint density at radius 2 is 1.29 bits per heavy atom. The SMILES string of the molecule is C=CC(=O)OCCCCOc1ccc(OC(=O)/C=C/c2ccc(OCCCOC(=O)C(=C)CC(=O)OCC)cc2)cc1. The van der Waals surface area contributed by atoms with Crippen LogP contribution in [0.25, 0.3) is 6.08 Å². The number of carbonyl (C=O) groups is 4. The first-order chi connectivity index (χ1) is 20.3. The van der Waals surface area contributed by atoms with Gasteiger partial charge in [-0.2, -0.15) is 0 Å². The van der Waals surface area contributed by atoms with Crippen LogP contribution in [0.2, 0.25) is 0 Å². The third kappa shape index (κ3) is 14.0. The molecular formula is C32H36O10. The zero-order valence-corrected chi connectivity index (χ0v) is 23.7. The maximum atomic E-state index is 12.2. The van der Waals surface area contributed by atoms with Crippen molar-refractivity contribution in [2.45, 2.75) is 32.6 Å². The molecule has 10 heteroatoms. The summed E-state index contributed by atoms with van der Waals surface area (Å²) in [6.07, 6.45) is 5.71. The van der Waals surface area contributed by atoms with Crippen LogP contribution >= 0.6 is 0 Å². The highest BCUT2D eigenvalue weighted by atomic mass is 16.5. The number of hydrogen-bond acceptors (Lipinski definition) is 10. The highest BCUT2D eigenvalue weighted by Gasteiger charge is 2.13. The number of esters is 4. The van der Waals surface area contributed by atoms with Gasteiger partial charge in [0.1, 0.15) is 17.2 Å². The van der Waals surface area contributed by atoms with E-state index in [1.165, 1.54) is 6.08 Å². The molecule has 0 aliphatic heterocycles. The third-order valence-corrected chi connectivity index (χ3v) is 5.29. The van der Waals surface area contributed by atoms with E-state index in [0.717, 1.165) is 11.6 Å². The van der Waals surface area contributed by atoms with E-state index in [1.54, 1.807) is 61.5 Å². The van der Waals surface area contributed by atoms with Crippen molar-refractivity contribution in [3.63, 3.8) is 0 Å². The Labute approximate surface area is 245 Å². The molecule has 0 amide bonds. The normalized spacial score (nSPS) is 10.4. The lowest BCUT2D eigenvalue weighted by Gasteiger charge is -2.08. The molecule has 10 nitrogen and oxygen atoms in total. The molecule has 2 aromatic rings. The minimum absolute atomic E-state index is 0.0414. The van der Waals surface area contributed by atoms with Crippen molar-refractivity contribution in [3.05, 3.63) is 85.0 Å². The van der Waals surface area contributed by atoms with Crippen molar-refractivity contribution in [3.8, 4) is 17.2 Å². The number of benzene rings is 2. The van der Waals surface area contributed by atoms with Gasteiger partial charge in [-0.15, -0.1) is 0 Å². The molecule has 0 aliphatic rings. The number of carbonyl (C=O) groups excluding carboxylic acids is 4. The molecule has 0 N–H and O–H groups in total. The van der Waals surface area contributed by atoms with Crippen molar-refractivity contribution in [1.82, 2.24) is 0 Å². The highest BCUT2D eigenvalue weighted by molar-refractivity contribution is 5.93. The van der Waals surface area contributed by atoms with E-state index in [-0.39, 0.29) is 25.2 Å². The van der Waals surface area contributed by atoms with Gasteiger partial charge in [0, 0.05) is 24.1 Å². The average molecular weight is 581 g/mol. The first kappa shape index (κ1) is 33.3. The van der Waals surface area contributed by atoms with Gasteiger partial charge in [-0.3, -0.25) is 4.79 Å². The lowest BCUT2D eigenvalue weighted by molar-refractivity contribution is -0.146. The molecule has 2 aromatic carbocycles. The fourth-order valence-corrected chi connectivity index (χ4v) is 3.19. The van der Waals surface area contributed by atoms with Crippen LogP contribution < -0.4 is 14.2 Å². The first-order valence-corrected chi connectivity index (χ1v) is 13.5. The molecule has 0 unspecified atom stereocenters. The van der Waals surface area contributed by atoms with E-state index in [0.29, 0.717) is 56.3 Å². The van der Waals surface area contributed by atoms with Gasteiger partial charge in [-0.25, -0.2) is 14.4 Å². The molecule has 0 atom stereocenters. The van der Waals surface area contributed by atoms with Gasteiger partial charge in [0.15, 0.2) is 0 Å². The van der Waals surface area contributed by atoms with Crippen LogP contribution in [0.15, 0.2) is 79.4 Å². The van der Waals surface area contributed by atoms with E-state index in [1.807, 2.05) is 0 Å². The summed E-state index contributed by atoms with van der Waals surface area (Å²) < 4.78 is 31.3. The van der Waals surface area contributed by atoms with Crippen molar-refractivity contribution < 1.29 is 47.6 Å². The van der Waals surface area contributed by atoms with Gasteiger partial charge in [-0.05, 0) is 67.8 Å². The molecule has 0 heterocycles. The average Bonchev–Trinajstić information content (AvgIpc) is 2.98. The summed E-state index contributed by atoms with van der Waals surface area (Å²) in [4.78, 5) is 46.4. The quantitative estimate of drug-likeness (QED) is 0.0736. The Morgan fingerprint density at radius 1 is 0.714 bits per heavy atom. The third-order valence-electron chi connectivity index (χ3n) is 5.29. The van der Waals surface area contributed by atoms with Crippen LogP contribution in [0.3, 0.4) is 0 Å². The Kier molecular flexibility index (Phi) is 15.3. The molecular weight excluding hydrogens is 544 g/mol. The van der Waals surface area contributed by atoms with E-state index >= 15 is 0 Å². The molecule has 0 spiro atoms. The number of rotatable bonds is 19. The molecule has 0 radical (unpaired) electrons. The van der Waals surface area contributed by atoms with Crippen LogP contribution in [-0.4, -0.2) is 56.9 Å². The molecule has 0 saturated carbocycles. The summed E-state index contributed by atoms with van der Waals surface area (Å²) in [7, 11) is 0. The van der Waals surface area contributed by atoms with E-state index in [4.69, 9.17) is 28.4 Å². The molecule has 0 fully saturated rings. The minimum atomic E-state index is -0.641. The second-order valence-corrected chi connectivity index (χ2v) is 8.65. The number of unbranched alkanes of at least 4 members (excludes halogenated alkanes) is 1. The highest BCUT2D eigenvalue weighted by Crippen LogP contribution is 2.19. The van der Waals surface area contributed by atoms with Crippen molar-refractivity contribution in [2.24, 2.45) is 0 Å². The number of ether oxygens (including phenoxy) is 6. The van der Waals surface area contributed by atoms with E-state index in [2.05, 4.69) is 13.2 Å². The first-order valence-electron chi connectivity index (χ1n) is 13.5. The molecule has 0 aliphatic carbocycles. The molecule has 0 aromatic heterocycles. The van der Waals surface area contributed by atoms with Gasteiger partial charge < -0.3 is 28.4 Å². The van der Waals surface area contributed by atoms with E-state index in [9.17, 15) is 19.2 Å². The van der Waals surface area contributed by atoms with Gasteiger partial charge in [-0.1, -0.05) is 25.3 Å². The lowest BCUT2D eigenvalue weighted by atomic mass is 10.2. The predicted octanol–water partition coefficient (Wildman–Crippen LogP) is 5.02. The second kappa shape index (κ2) is 19.3. The monoisotopic (exact) mass is 580 g/mol. The smallest absolute Gasteiger partial charge is 0.336 e. The van der Waals surface area contributed by atoms with Crippen molar-refractivity contribution >= 4 is 30.0 Å². The van der Waals surface area contributed by atoms with Gasteiger partial charge in [0.05, 0.1) is 39.5 Å². The largest absolute Gasteiger partial charge is 0.494 e. The van der Waals surface area contributed by atoms with Crippen LogP contribution in [-0.2, 0) is 33.4 Å². The molecule has 224 valence electrons. The Bertz CT molecular complexity index is 1210. The molecule has 42 heavy (non-hydrogen) atoms. The Balaban J connectivity index is 1.63. The topological polar surface area (TPSA) is 124 Å². The van der Waals surface area contributed by atoms with Crippen molar-refractivity contribution in [1.29, 1.82) is 0 Å². The second-order valence-electron chi connectivity index (χ2n) is 8.65. The zero-order chi connectivity index (χ0) is 30.6. The standard InChI is InChI=1S/C32H36O10/c1-4-29(33)40-20-7-6-19-38-27-14-16-28(17-15-27)42-30(34)18-11-25-9-12-26(13-10-25)39-21-8-22-41-32(36)24(3)23-31(35)37-5-2/h4,9-18H,1,3,5-8,19-23H2,2H3/b18-11+. The molecule has 0 bridgehead atoms. The van der Waals surface area contributed by atoms with Crippen LogP contribution in [0, 0.1) is 0 Å².